The predicted octanol–water partition coefficient (Wildman–Crippen LogP) is 4.53. The highest BCUT2D eigenvalue weighted by atomic mass is 16.5. The highest BCUT2D eigenvalue weighted by Gasteiger charge is 2.19. The van der Waals surface area contributed by atoms with E-state index in [0.717, 1.165) is 22.4 Å². The molecule has 1 aromatic carbocycles. The number of hydrogen-bond acceptors (Lipinski definition) is 3. The Hall–Kier alpha value is -1.87. The van der Waals surface area contributed by atoms with E-state index in [1.54, 1.807) is 19.2 Å². The summed E-state index contributed by atoms with van der Waals surface area (Å²) >= 11 is 0. The Morgan fingerprint density at radius 1 is 1.14 bits per heavy atom. The van der Waals surface area contributed by atoms with Crippen molar-refractivity contribution in [1.82, 2.24) is 4.98 Å². The number of aromatic nitrogens is 1. The van der Waals surface area contributed by atoms with Gasteiger partial charge in [-0.3, -0.25) is 0 Å². The molecule has 0 saturated carbocycles. The lowest BCUT2D eigenvalue weighted by Gasteiger charge is -2.22. The Morgan fingerprint density at radius 2 is 1.86 bits per heavy atom. The van der Waals surface area contributed by atoms with Crippen molar-refractivity contribution in [3.05, 3.63) is 53.2 Å². The highest BCUT2D eigenvalue weighted by molar-refractivity contribution is 5.43. The van der Waals surface area contributed by atoms with Crippen LogP contribution in [0.2, 0.25) is 0 Å². The molecule has 1 heterocycles. The van der Waals surface area contributed by atoms with Crippen LogP contribution in [0.25, 0.3) is 0 Å². The lowest BCUT2D eigenvalue weighted by atomic mass is 9.86. The molecule has 0 spiro atoms. The van der Waals surface area contributed by atoms with Crippen LogP contribution in [0, 0.1) is 6.92 Å². The van der Waals surface area contributed by atoms with Gasteiger partial charge in [0.15, 0.2) is 0 Å². The lowest BCUT2D eigenvalue weighted by molar-refractivity contribution is 0.198. The van der Waals surface area contributed by atoms with E-state index in [4.69, 9.17) is 4.74 Å². The van der Waals surface area contributed by atoms with Crippen LogP contribution in [0.4, 0.5) is 0 Å². The molecule has 0 aliphatic heterocycles. The van der Waals surface area contributed by atoms with Crippen molar-refractivity contribution in [2.24, 2.45) is 0 Å². The van der Waals surface area contributed by atoms with Crippen molar-refractivity contribution in [2.45, 2.75) is 46.1 Å². The standard InChI is InChI=1S/C18H23NO2/c1-12-6-8-15(18(3,4)5)16(10-12)21-17-9-7-14(11-19-17)13(2)20/h6-11,13,20H,1-5H3/t13-/m0/s1. The first kappa shape index (κ1) is 15.5. The van der Waals surface area contributed by atoms with Crippen molar-refractivity contribution in [3.63, 3.8) is 0 Å². The third-order valence-corrected chi connectivity index (χ3v) is 3.40. The Bertz CT molecular complexity index is 610. The molecule has 2 rings (SSSR count). The van der Waals surface area contributed by atoms with E-state index in [1.807, 2.05) is 19.1 Å². The van der Waals surface area contributed by atoms with Crippen LogP contribution in [-0.4, -0.2) is 10.1 Å². The number of hydrogen-bond donors (Lipinski definition) is 1. The number of aliphatic hydroxyl groups is 1. The molecule has 0 aliphatic carbocycles. The smallest absolute Gasteiger partial charge is 0.219 e. The predicted molar refractivity (Wildman–Crippen MR) is 84.8 cm³/mol. The van der Waals surface area contributed by atoms with Gasteiger partial charge in [0.2, 0.25) is 5.88 Å². The van der Waals surface area contributed by atoms with E-state index in [1.165, 1.54) is 0 Å². The molecular weight excluding hydrogens is 262 g/mol. The zero-order chi connectivity index (χ0) is 15.6. The Kier molecular flexibility index (Phi) is 4.33. The average molecular weight is 285 g/mol. The summed E-state index contributed by atoms with van der Waals surface area (Å²) in [4.78, 5) is 4.27. The zero-order valence-corrected chi connectivity index (χ0v) is 13.3. The largest absolute Gasteiger partial charge is 0.439 e. The van der Waals surface area contributed by atoms with Gasteiger partial charge in [0, 0.05) is 17.8 Å². The molecule has 1 N–H and O–H groups in total. The molecule has 0 amide bonds. The third kappa shape index (κ3) is 3.82. The second kappa shape index (κ2) is 5.86. The first-order valence-electron chi connectivity index (χ1n) is 7.20. The highest BCUT2D eigenvalue weighted by Crippen LogP contribution is 2.34. The van der Waals surface area contributed by atoms with Crippen LogP contribution in [0.1, 0.15) is 50.5 Å². The molecule has 0 fully saturated rings. The summed E-state index contributed by atoms with van der Waals surface area (Å²) in [6.07, 6.45) is 1.13. The van der Waals surface area contributed by atoms with Gasteiger partial charge in [0.1, 0.15) is 5.75 Å². The van der Waals surface area contributed by atoms with Gasteiger partial charge in [-0.1, -0.05) is 32.9 Å². The van der Waals surface area contributed by atoms with Gasteiger partial charge in [0.25, 0.3) is 0 Å². The molecule has 0 saturated heterocycles. The summed E-state index contributed by atoms with van der Waals surface area (Å²) in [5, 5.41) is 9.51. The quantitative estimate of drug-likeness (QED) is 0.900. The average Bonchev–Trinajstić information content (AvgIpc) is 2.38. The van der Waals surface area contributed by atoms with Crippen molar-refractivity contribution in [2.75, 3.05) is 0 Å². The summed E-state index contributed by atoms with van der Waals surface area (Å²) in [6, 6.07) is 9.85. The van der Waals surface area contributed by atoms with E-state index in [-0.39, 0.29) is 5.41 Å². The molecule has 0 unspecified atom stereocenters. The normalized spacial score (nSPS) is 13.0. The van der Waals surface area contributed by atoms with E-state index >= 15 is 0 Å². The fourth-order valence-electron chi connectivity index (χ4n) is 2.15. The molecular formula is C18H23NO2. The van der Waals surface area contributed by atoms with Crippen molar-refractivity contribution in [3.8, 4) is 11.6 Å². The van der Waals surface area contributed by atoms with Crippen molar-refractivity contribution >= 4 is 0 Å². The molecule has 3 nitrogen and oxygen atoms in total. The maximum Gasteiger partial charge on any atom is 0.219 e. The fraction of sp³-hybridized carbons (Fsp3) is 0.389. The minimum absolute atomic E-state index is 0.00257. The number of nitrogens with zero attached hydrogens (tertiary/aromatic N) is 1. The Balaban J connectivity index is 2.32. The first-order chi connectivity index (χ1) is 9.77. The van der Waals surface area contributed by atoms with E-state index < -0.39 is 6.10 Å². The molecule has 1 atom stereocenters. The van der Waals surface area contributed by atoms with Crippen molar-refractivity contribution in [1.29, 1.82) is 0 Å². The van der Waals surface area contributed by atoms with Crippen LogP contribution in [0.3, 0.4) is 0 Å². The number of ether oxygens (including phenoxy) is 1. The maximum atomic E-state index is 9.51. The second-order valence-electron chi connectivity index (χ2n) is 6.46. The topological polar surface area (TPSA) is 42.4 Å². The number of aliphatic hydroxyl groups excluding tert-OH is 1. The van der Waals surface area contributed by atoms with Crippen LogP contribution in [0.5, 0.6) is 11.6 Å². The van der Waals surface area contributed by atoms with E-state index in [9.17, 15) is 5.11 Å². The van der Waals surface area contributed by atoms with Gasteiger partial charge >= 0.3 is 0 Å². The Morgan fingerprint density at radius 3 is 2.38 bits per heavy atom. The lowest BCUT2D eigenvalue weighted by Crippen LogP contribution is -2.12. The van der Waals surface area contributed by atoms with E-state index in [0.29, 0.717) is 5.88 Å². The molecule has 0 bridgehead atoms. The van der Waals surface area contributed by atoms with Crippen LogP contribution in [-0.2, 0) is 5.41 Å². The number of pyridine rings is 1. The molecule has 21 heavy (non-hydrogen) atoms. The first-order valence-corrected chi connectivity index (χ1v) is 7.20. The third-order valence-electron chi connectivity index (χ3n) is 3.40. The number of aryl methyl sites for hydroxylation is 1. The monoisotopic (exact) mass is 285 g/mol. The molecule has 0 aliphatic rings. The van der Waals surface area contributed by atoms with Gasteiger partial charge in [-0.2, -0.15) is 0 Å². The molecule has 1 aromatic heterocycles. The number of benzene rings is 1. The zero-order valence-electron chi connectivity index (χ0n) is 13.3. The minimum atomic E-state index is -0.518. The number of rotatable bonds is 3. The summed E-state index contributed by atoms with van der Waals surface area (Å²) < 4.78 is 5.96. The summed E-state index contributed by atoms with van der Waals surface area (Å²) in [5.74, 6) is 1.37. The summed E-state index contributed by atoms with van der Waals surface area (Å²) in [7, 11) is 0. The van der Waals surface area contributed by atoms with Gasteiger partial charge in [-0.15, -0.1) is 0 Å². The Labute approximate surface area is 126 Å². The summed E-state index contributed by atoms with van der Waals surface area (Å²) in [5.41, 5.74) is 3.08. The molecule has 0 radical (unpaired) electrons. The van der Waals surface area contributed by atoms with Gasteiger partial charge in [-0.05, 0) is 42.5 Å². The molecule has 112 valence electrons. The van der Waals surface area contributed by atoms with Crippen LogP contribution < -0.4 is 4.74 Å². The summed E-state index contributed by atoms with van der Waals surface area (Å²) in [6.45, 7) is 10.2. The van der Waals surface area contributed by atoms with E-state index in [2.05, 4.69) is 37.9 Å². The van der Waals surface area contributed by atoms with Gasteiger partial charge < -0.3 is 9.84 Å². The molecule has 3 heteroatoms. The minimum Gasteiger partial charge on any atom is -0.439 e. The van der Waals surface area contributed by atoms with Crippen molar-refractivity contribution < 1.29 is 9.84 Å². The van der Waals surface area contributed by atoms with Gasteiger partial charge in [-0.25, -0.2) is 4.98 Å². The fourth-order valence-corrected chi connectivity index (χ4v) is 2.15. The maximum absolute atomic E-state index is 9.51. The van der Waals surface area contributed by atoms with Crippen LogP contribution >= 0.6 is 0 Å². The second-order valence-corrected chi connectivity index (χ2v) is 6.46. The van der Waals surface area contributed by atoms with Gasteiger partial charge in [0.05, 0.1) is 6.10 Å². The van der Waals surface area contributed by atoms with Crippen LogP contribution in [0.15, 0.2) is 36.5 Å². The molecule has 2 aromatic rings. The SMILES string of the molecule is Cc1ccc(C(C)(C)C)c(Oc2ccc([C@H](C)O)cn2)c1.